The van der Waals surface area contributed by atoms with Crippen LogP contribution < -0.4 is 4.90 Å². The number of carbonyl (C=O) groups excluding carboxylic acids is 1. The molecular formula is C18H24Br2N2O. The number of hydrogen-bond donors (Lipinski definition) is 0. The van der Waals surface area contributed by atoms with E-state index in [2.05, 4.69) is 53.8 Å². The molecule has 1 aromatic carbocycles. The zero-order chi connectivity index (χ0) is 16.2. The molecule has 0 bridgehead atoms. The van der Waals surface area contributed by atoms with Gasteiger partial charge in [-0.2, -0.15) is 0 Å². The SMILES string of the molecule is O=C(CCBr)N(c1ccc(Br)cc1)C1CCCC1N1CCCC1. The maximum absolute atomic E-state index is 12.8. The fraction of sp³-hybridized carbons (Fsp3) is 0.611. The van der Waals surface area contributed by atoms with Gasteiger partial charge in [0.2, 0.25) is 5.91 Å². The first-order valence-electron chi connectivity index (χ1n) is 8.58. The summed E-state index contributed by atoms with van der Waals surface area (Å²) in [5.74, 6) is 0.236. The Bertz CT molecular complexity index is 528. The number of rotatable bonds is 5. The Kier molecular flexibility index (Phi) is 6.16. The van der Waals surface area contributed by atoms with Gasteiger partial charge < -0.3 is 4.90 Å². The number of nitrogens with zero attached hydrogens (tertiary/aromatic N) is 2. The minimum atomic E-state index is 0.236. The molecule has 1 amide bonds. The summed E-state index contributed by atoms with van der Waals surface area (Å²) >= 11 is 6.92. The first kappa shape index (κ1) is 17.4. The highest BCUT2D eigenvalue weighted by Gasteiger charge is 2.39. The standard InChI is InChI=1S/C18H24Br2N2O/c19-11-10-18(23)22(15-8-6-14(20)7-9-15)17-5-3-4-16(17)21-12-1-2-13-21/h6-9,16-17H,1-5,10-13H2. The maximum atomic E-state index is 12.8. The van der Waals surface area contributed by atoms with Crippen molar-refractivity contribution in [2.75, 3.05) is 23.3 Å². The molecule has 0 N–H and O–H groups in total. The van der Waals surface area contributed by atoms with E-state index < -0.39 is 0 Å². The largest absolute Gasteiger partial charge is 0.308 e. The quantitative estimate of drug-likeness (QED) is 0.621. The number of anilines is 1. The summed E-state index contributed by atoms with van der Waals surface area (Å²) < 4.78 is 1.05. The number of amides is 1. The molecule has 2 aliphatic rings. The summed E-state index contributed by atoms with van der Waals surface area (Å²) in [6, 6.07) is 9.04. The smallest absolute Gasteiger partial charge is 0.228 e. The maximum Gasteiger partial charge on any atom is 0.228 e. The molecule has 23 heavy (non-hydrogen) atoms. The third-order valence-corrected chi connectivity index (χ3v) is 5.99. The van der Waals surface area contributed by atoms with Gasteiger partial charge in [0.1, 0.15) is 0 Å². The van der Waals surface area contributed by atoms with E-state index in [0.29, 0.717) is 18.5 Å². The molecule has 5 heteroatoms. The Morgan fingerprint density at radius 2 is 1.83 bits per heavy atom. The van der Waals surface area contributed by atoms with Crippen LogP contribution in [-0.4, -0.2) is 41.3 Å². The number of halogens is 2. The van der Waals surface area contributed by atoms with Crippen molar-refractivity contribution < 1.29 is 4.79 Å². The lowest BCUT2D eigenvalue weighted by atomic mass is 10.1. The van der Waals surface area contributed by atoms with Crippen molar-refractivity contribution in [1.29, 1.82) is 0 Å². The average molecular weight is 444 g/mol. The van der Waals surface area contributed by atoms with E-state index in [1.54, 1.807) is 0 Å². The molecule has 0 aromatic heterocycles. The minimum Gasteiger partial charge on any atom is -0.308 e. The molecule has 2 unspecified atom stereocenters. The Balaban J connectivity index is 1.87. The zero-order valence-electron chi connectivity index (χ0n) is 13.4. The van der Waals surface area contributed by atoms with Gasteiger partial charge in [0.05, 0.1) is 6.04 Å². The Labute approximate surface area is 155 Å². The summed E-state index contributed by atoms with van der Waals surface area (Å²) in [7, 11) is 0. The summed E-state index contributed by atoms with van der Waals surface area (Å²) in [5, 5.41) is 0.722. The van der Waals surface area contributed by atoms with Crippen LogP contribution in [0.5, 0.6) is 0 Å². The van der Waals surface area contributed by atoms with Crippen molar-refractivity contribution in [3.05, 3.63) is 28.7 Å². The van der Waals surface area contributed by atoms with Gasteiger partial charge in [-0.25, -0.2) is 0 Å². The molecule has 1 aromatic rings. The minimum absolute atomic E-state index is 0.236. The predicted octanol–water partition coefficient (Wildman–Crippen LogP) is 4.58. The number of carbonyl (C=O) groups is 1. The van der Waals surface area contributed by atoms with E-state index in [1.807, 2.05) is 12.1 Å². The van der Waals surface area contributed by atoms with Crippen LogP contribution in [0.1, 0.15) is 38.5 Å². The van der Waals surface area contributed by atoms with Crippen LogP contribution in [0.15, 0.2) is 28.7 Å². The van der Waals surface area contributed by atoms with Crippen LogP contribution >= 0.6 is 31.9 Å². The number of likely N-dealkylation sites (tertiary alicyclic amines) is 1. The van der Waals surface area contributed by atoms with E-state index in [4.69, 9.17) is 0 Å². The molecule has 0 spiro atoms. The Hall–Kier alpha value is -0.390. The molecule has 0 radical (unpaired) electrons. The molecule has 1 saturated heterocycles. The summed E-state index contributed by atoms with van der Waals surface area (Å²) in [6.07, 6.45) is 6.72. The third kappa shape index (κ3) is 3.99. The van der Waals surface area contributed by atoms with E-state index in [1.165, 1.54) is 38.8 Å². The highest BCUT2D eigenvalue weighted by atomic mass is 79.9. The Morgan fingerprint density at radius 1 is 1.13 bits per heavy atom. The van der Waals surface area contributed by atoms with Crippen molar-refractivity contribution in [1.82, 2.24) is 4.90 Å². The number of benzene rings is 1. The van der Waals surface area contributed by atoms with Crippen LogP contribution in [-0.2, 0) is 4.79 Å². The highest BCUT2D eigenvalue weighted by molar-refractivity contribution is 9.10. The normalized spacial score (nSPS) is 25.0. The fourth-order valence-corrected chi connectivity index (χ4v) is 4.65. The number of hydrogen-bond acceptors (Lipinski definition) is 2. The van der Waals surface area contributed by atoms with Gasteiger partial charge >= 0.3 is 0 Å². The lowest BCUT2D eigenvalue weighted by Crippen LogP contribution is -2.50. The van der Waals surface area contributed by atoms with Gasteiger partial charge in [-0.1, -0.05) is 31.9 Å². The third-order valence-electron chi connectivity index (χ3n) is 5.07. The molecule has 1 saturated carbocycles. The van der Waals surface area contributed by atoms with Gasteiger partial charge in [-0.05, 0) is 69.5 Å². The van der Waals surface area contributed by atoms with Crippen molar-refractivity contribution in [3.63, 3.8) is 0 Å². The van der Waals surface area contributed by atoms with E-state index in [9.17, 15) is 4.79 Å². The van der Waals surface area contributed by atoms with E-state index in [0.717, 1.165) is 21.9 Å². The average Bonchev–Trinajstić information content (AvgIpc) is 3.20. The second-order valence-corrected chi connectivity index (χ2v) is 8.20. The van der Waals surface area contributed by atoms with Gasteiger partial charge in [0.25, 0.3) is 0 Å². The lowest BCUT2D eigenvalue weighted by Gasteiger charge is -2.37. The second-order valence-electron chi connectivity index (χ2n) is 6.49. The first-order valence-corrected chi connectivity index (χ1v) is 10.5. The molecule has 1 aliphatic heterocycles. The lowest BCUT2D eigenvalue weighted by molar-refractivity contribution is -0.118. The van der Waals surface area contributed by atoms with Crippen LogP contribution in [0.3, 0.4) is 0 Å². The molecule has 1 aliphatic carbocycles. The van der Waals surface area contributed by atoms with Crippen molar-refractivity contribution >= 4 is 43.5 Å². The van der Waals surface area contributed by atoms with Gasteiger partial charge in [-0.3, -0.25) is 9.69 Å². The molecule has 1 heterocycles. The van der Waals surface area contributed by atoms with E-state index >= 15 is 0 Å². The van der Waals surface area contributed by atoms with Crippen molar-refractivity contribution in [3.8, 4) is 0 Å². The molecule has 126 valence electrons. The van der Waals surface area contributed by atoms with Crippen LogP contribution in [0.4, 0.5) is 5.69 Å². The van der Waals surface area contributed by atoms with Crippen LogP contribution in [0.25, 0.3) is 0 Å². The predicted molar refractivity (Wildman–Crippen MR) is 102 cm³/mol. The van der Waals surface area contributed by atoms with Crippen LogP contribution in [0.2, 0.25) is 0 Å². The summed E-state index contributed by atoms with van der Waals surface area (Å²) in [5.41, 5.74) is 1.04. The Morgan fingerprint density at radius 3 is 2.48 bits per heavy atom. The topological polar surface area (TPSA) is 23.6 Å². The highest BCUT2D eigenvalue weighted by Crippen LogP contribution is 2.34. The monoisotopic (exact) mass is 442 g/mol. The summed E-state index contributed by atoms with van der Waals surface area (Å²) in [6.45, 7) is 2.39. The van der Waals surface area contributed by atoms with Gasteiger partial charge in [0, 0.05) is 28.0 Å². The fourth-order valence-electron chi connectivity index (χ4n) is 4.04. The molecule has 2 fully saturated rings. The van der Waals surface area contributed by atoms with Crippen molar-refractivity contribution in [2.45, 2.75) is 50.6 Å². The number of alkyl halides is 1. The second kappa shape index (κ2) is 8.13. The molecule has 2 atom stereocenters. The molecule has 3 nitrogen and oxygen atoms in total. The molecular weight excluding hydrogens is 420 g/mol. The van der Waals surface area contributed by atoms with Gasteiger partial charge in [-0.15, -0.1) is 0 Å². The molecule has 3 rings (SSSR count). The van der Waals surface area contributed by atoms with Crippen LogP contribution in [0, 0.1) is 0 Å². The summed E-state index contributed by atoms with van der Waals surface area (Å²) in [4.78, 5) is 17.5. The van der Waals surface area contributed by atoms with Crippen molar-refractivity contribution in [2.24, 2.45) is 0 Å². The van der Waals surface area contributed by atoms with Gasteiger partial charge in [0.15, 0.2) is 0 Å². The zero-order valence-corrected chi connectivity index (χ0v) is 16.6. The van der Waals surface area contributed by atoms with E-state index in [-0.39, 0.29) is 5.91 Å². The first-order chi connectivity index (χ1) is 11.2.